The van der Waals surface area contributed by atoms with Crippen LogP contribution in [0.25, 0.3) is 116 Å². The van der Waals surface area contributed by atoms with Crippen LogP contribution in [0.1, 0.15) is 0 Å². The molecule has 58 heavy (non-hydrogen) atoms. The quantitative estimate of drug-likeness (QED) is 0.176. The molecule has 0 aliphatic heterocycles. The molecule has 3 aromatic heterocycles. The molecule has 0 fully saturated rings. The molecule has 0 radical (unpaired) electrons. The van der Waals surface area contributed by atoms with E-state index in [0.717, 1.165) is 66.5 Å². The summed E-state index contributed by atoms with van der Waals surface area (Å²) in [5, 5.41) is 9.38. The molecule has 0 bridgehead atoms. The molecule has 0 aliphatic rings. The maximum atomic E-state index is 6.91. The van der Waals surface area contributed by atoms with Gasteiger partial charge in [-0.2, -0.15) is 0 Å². The molecule has 5 heteroatoms. The molecular formula is C53H32N4O. The Morgan fingerprint density at radius 1 is 0.345 bits per heavy atom. The molecule has 0 spiro atoms. The van der Waals surface area contributed by atoms with Crippen LogP contribution in [0.4, 0.5) is 0 Å². The number of hydrogen-bond donors (Lipinski definition) is 0. The van der Waals surface area contributed by atoms with Crippen molar-refractivity contribution in [2.24, 2.45) is 0 Å². The maximum absolute atomic E-state index is 6.91. The summed E-state index contributed by atoms with van der Waals surface area (Å²) < 4.78 is 9.35. The van der Waals surface area contributed by atoms with Crippen LogP contribution in [0.3, 0.4) is 0 Å². The maximum Gasteiger partial charge on any atom is 0.164 e. The van der Waals surface area contributed by atoms with Crippen molar-refractivity contribution < 1.29 is 4.42 Å². The van der Waals surface area contributed by atoms with E-state index in [-0.39, 0.29) is 0 Å². The summed E-state index contributed by atoms with van der Waals surface area (Å²) in [5.41, 5.74) is 9.83. The molecule has 12 aromatic rings. The van der Waals surface area contributed by atoms with Crippen LogP contribution in [0.15, 0.2) is 199 Å². The second-order valence-corrected chi connectivity index (χ2v) is 14.9. The van der Waals surface area contributed by atoms with Crippen LogP contribution in [-0.2, 0) is 0 Å². The summed E-state index contributed by atoms with van der Waals surface area (Å²) in [6, 6.07) is 68.2. The van der Waals surface area contributed by atoms with Crippen molar-refractivity contribution in [1.82, 2.24) is 19.5 Å². The Labute approximate surface area is 333 Å². The highest BCUT2D eigenvalue weighted by Crippen LogP contribution is 2.43. The molecule has 0 atom stereocenters. The van der Waals surface area contributed by atoms with Gasteiger partial charge in [-0.05, 0) is 75.6 Å². The van der Waals surface area contributed by atoms with Gasteiger partial charge in [0, 0.05) is 49.5 Å². The second kappa shape index (κ2) is 12.8. The highest BCUT2D eigenvalue weighted by Gasteiger charge is 2.21. The van der Waals surface area contributed by atoms with Crippen LogP contribution >= 0.6 is 0 Å². The molecule has 0 saturated heterocycles. The van der Waals surface area contributed by atoms with Crippen LogP contribution in [0.2, 0.25) is 0 Å². The van der Waals surface area contributed by atoms with Crippen molar-refractivity contribution in [3.63, 3.8) is 0 Å². The molecule has 0 unspecified atom stereocenters. The first-order chi connectivity index (χ1) is 28.7. The third kappa shape index (κ3) is 5.21. The van der Waals surface area contributed by atoms with Crippen LogP contribution < -0.4 is 0 Å². The van der Waals surface area contributed by atoms with E-state index in [4.69, 9.17) is 19.4 Å². The molecule has 270 valence electrons. The van der Waals surface area contributed by atoms with E-state index < -0.39 is 0 Å². The Balaban J connectivity index is 1.11. The van der Waals surface area contributed by atoms with Crippen molar-refractivity contribution in [3.05, 3.63) is 194 Å². The summed E-state index contributed by atoms with van der Waals surface area (Å²) in [6.45, 7) is 0. The summed E-state index contributed by atoms with van der Waals surface area (Å²) >= 11 is 0. The first-order valence-corrected chi connectivity index (χ1v) is 19.5. The van der Waals surface area contributed by atoms with Gasteiger partial charge in [-0.3, -0.25) is 0 Å². The van der Waals surface area contributed by atoms with Gasteiger partial charge in [0.05, 0.1) is 11.0 Å². The Hall–Kier alpha value is -7.89. The molecule has 0 N–H and O–H groups in total. The molecule has 9 aromatic carbocycles. The fourth-order valence-electron chi connectivity index (χ4n) is 8.57. The predicted molar refractivity (Wildman–Crippen MR) is 238 cm³/mol. The van der Waals surface area contributed by atoms with Gasteiger partial charge in [-0.25, -0.2) is 15.0 Å². The van der Waals surface area contributed by atoms with E-state index in [2.05, 4.69) is 138 Å². The topological polar surface area (TPSA) is 56.7 Å². The molecular weight excluding hydrogens is 709 g/mol. The Morgan fingerprint density at radius 3 is 1.34 bits per heavy atom. The van der Waals surface area contributed by atoms with Gasteiger partial charge in [-0.15, -0.1) is 0 Å². The molecule has 5 nitrogen and oxygen atoms in total. The Bertz CT molecular complexity index is 3400. The van der Waals surface area contributed by atoms with Gasteiger partial charge in [0.25, 0.3) is 0 Å². The van der Waals surface area contributed by atoms with Crippen molar-refractivity contribution >= 4 is 65.3 Å². The largest absolute Gasteiger partial charge is 0.455 e. The lowest BCUT2D eigenvalue weighted by atomic mass is 10.0. The first kappa shape index (κ1) is 32.4. The smallest absolute Gasteiger partial charge is 0.164 e. The molecule has 12 rings (SSSR count). The second-order valence-electron chi connectivity index (χ2n) is 14.9. The minimum Gasteiger partial charge on any atom is -0.455 e. The van der Waals surface area contributed by atoms with Crippen molar-refractivity contribution in [2.45, 2.75) is 0 Å². The lowest BCUT2D eigenvalue weighted by molar-refractivity contribution is 0.670. The minimum atomic E-state index is 0.587. The van der Waals surface area contributed by atoms with Gasteiger partial charge >= 0.3 is 0 Å². The molecule has 0 saturated carbocycles. The summed E-state index contributed by atoms with van der Waals surface area (Å²) in [6.07, 6.45) is 0. The monoisotopic (exact) mass is 740 g/mol. The highest BCUT2D eigenvalue weighted by molar-refractivity contribution is 6.18. The normalized spacial score (nSPS) is 11.8. The van der Waals surface area contributed by atoms with Crippen LogP contribution in [-0.4, -0.2) is 19.5 Å². The van der Waals surface area contributed by atoms with Gasteiger partial charge < -0.3 is 8.98 Å². The Morgan fingerprint density at radius 2 is 0.810 bits per heavy atom. The number of benzene rings is 9. The molecule has 3 heterocycles. The lowest BCUT2D eigenvalue weighted by Gasteiger charge is -2.12. The van der Waals surface area contributed by atoms with Crippen molar-refractivity contribution in [2.75, 3.05) is 0 Å². The predicted octanol–water partition coefficient (Wildman–Crippen LogP) is 13.8. The number of nitrogens with zero attached hydrogens (tertiary/aromatic N) is 4. The number of rotatable bonds is 5. The van der Waals surface area contributed by atoms with Gasteiger partial charge in [0.2, 0.25) is 0 Å². The SMILES string of the molecule is c1ccc(-c2nc(-c3ccccc3)nc(-c3ccc4c(c3)oc3c(-c5ccccc5)cc(-n5c6cc7ccccc7cc6c6cc7ccccc7cc65)cc34)n2)cc1. The summed E-state index contributed by atoms with van der Waals surface area (Å²) in [4.78, 5) is 14.9. The van der Waals surface area contributed by atoms with Gasteiger partial charge in [-0.1, -0.05) is 146 Å². The zero-order chi connectivity index (χ0) is 38.2. The third-order valence-electron chi connectivity index (χ3n) is 11.4. The summed E-state index contributed by atoms with van der Waals surface area (Å²) in [7, 11) is 0. The van der Waals surface area contributed by atoms with Crippen LogP contribution in [0, 0.1) is 0 Å². The van der Waals surface area contributed by atoms with Crippen molar-refractivity contribution in [3.8, 4) is 51.0 Å². The van der Waals surface area contributed by atoms with Crippen molar-refractivity contribution in [1.29, 1.82) is 0 Å². The van der Waals surface area contributed by atoms with E-state index in [9.17, 15) is 0 Å². The highest BCUT2D eigenvalue weighted by atomic mass is 16.3. The zero-order valence-corrected chi connectivity index (χ0v) is 31.2. The number of hydrogen-bond acceptors (Lipinski definition) is 4. The van der Waals surface area contributed by atoms with E-state index in [1.807, 2.05) is 60.7 Å². The van der Waals surface area contributed by atoms with Gasteiger partial charge in [0.15, 0.2) is 17.5 Å². The average molecular weight is 741 g/mol. The van der Waals surface area contributed by atoms with Crippen LogP contribution in [0.5, 0.6) is 0 Å². The number of aromatic nitrogens is 4. The average Bonchev–Trinajstić information content (AvgIpc) is 3.81. The van der Waals surface area contributed by atoms with E-state index in [1.165, 1.54) is 32.3 Å². The lowest BCUT2D eigenvalue weighted by Crippen LogP contribution is -2.00. The fraction of sp³-hybridized carbons (Fsp3) is 0. The molecule has 0 aliphatic carbocycles. The van der Waals surface area contributed by atoms with E-state index in [1.54, 1.807) is 0 Å². The van der Waals surface area contributed by atoms with E-state index >= 15 is 0 Å². The Kier molecular flexibility index (Phi) is 7.16. The number of fused-ring (bicyclic) bond motifs is 8. The number of furan rings is 1. The minimum absolute atomic E-state index is 0.587. The zero-order valence-electron chi connectivity index (χ0n) is 31.2. The van der Waals surface area contributed by atoms with Gasteiger partial charge in [0.1, 0.15) is 11.2 Å². The molecule has 0 amide bonds. The third-order valence-corrected chi connectivity index (χ3v) is 11.4. The van der Waals surface area contributed by atoms with E-state index in [0.29, 0.717) is 17.5 Å². The summed E-state index contributed by atoms with van der Waals surface area (Å²) in [5.74, 6) is 1.83. The first-order valence-electron chi connectivity index (χ1n) is 19.5. The standard InChI is InChI=1S/C53H32N4O/c1-4-14-33(15-5-1)43-31-41(57-47-28-38-22-12-10-20-36(38)26-44(47)45-27-37-21-11-13-23-39(37)29-48(45)57)32-46-42-25-24-40(30-49(42)58-50(43)46)53-55-51(34-16-6-2-7-17-34)54-52(56-53)35-18-8-3-9-19-35/h1-32H. The fourth-order valence-corrected chi connectivity index (χ4v) is 8.57.